The Hall–Kier alpha value is -2.24. The Morgan fingerprint density at radius 3 is 2.68 bits per heavy atom. The molecule has 3 rings (SSSR count). The third-order valence-corrected chi connectivity index (χ3v) is 4.87. The van der Waals surface area contributed by atoms with Crippen LogP contribution in [-0.2, 0) is 16.0 Å². The van der Waals surface area contributed by atoms with Crippen molar-refractivity contribution in [1.82, 2.24) is 10.3 Å². The van der Waals surface area contributed by atoms with Crippen LogP contribution < -0.4 is 10.9 Å². The molecule has 2 amide bonds. The first-order valence-corrected chi connectivity index (χ1v) is 8.59. The lowest BCUT2D eigenvalue weighted by molar-refractivity contribution is -0.146. The quantitative estimate of drug-likeness (QED) is 0.634. The van der Waals surface area contributed by atoms with Crippen LogP contribution >= 0.6 is 23.2 Å². The van der Waals surface area contributed by atoms with E-state index in [2.05, 4.69) is 16.9 Å². The second-order valence-electron chi connectivity index (χ2n) is 5.87. The molecule has 5 nitrogen and oxygen atoms in total. The standard InChI is InChI=1S/C18H17Cl2N3O2/c1-23(16-9-6-11-4-2-3-5-13(11)16)18(25)17(24)22-21-15-8-7-12(19)10-14(15)20/h2-5,7-8,10,16,21H,6,9H2,1H3,(H,22,24)/t16-/m1/s1. The maximum absolute atomic E-state index is 12.4. The van der Waals surface area contributed by atoms with Gasteiger partial charge in [-0.15, -0.1) is 0 Å². The van der Waals surface area contributed by atoms with Crippen LogP contribution in [0.5, 0.6) is 0 Å². The molecule has 1 atom stereocenters. The molecule has 2 aromatic rings. The summed E-state index contributed by atoms with van der Waals surface area (Å²) in [5.41, 5.74) is 7.80. The second kappa shape index (κ2) is 7.33. The number of likely N-dealkylation sites (N-methyl/N-ethyl adjacent to an activating group) is 1. The molecule has 0 aromatic heterocycles. The first kappa shape index (κ1) is 17.6. The van der Waals surface area contributed by atoms with E-state index >= 15 is 0 Å². The molecule has 0 fully saturated rings. The van der Waals surface area contributed by atoms with E-state index in [-0.39, 0.29) is 6.04 Å². The Labute approximate surface area is 155 Å². The van der Waals surface area contributed by atoms with Crippen molar-refractivity contribution in [3.63, 3.8) is 0 Å². The number of hydrogen-bond donors (Lipinski definition) is 2. The van der Waals surface area contributed by atoms with Crippen molar-refractivity contribution in [3.05, 3.63) is 63.6 Å². The number of nitrogens with one attached hydrogen (secondary N) is 2. The normalized spacial score (nSPS) is 15.4. The molecule has 7 heteroatoms. The zero-order valence-electron chi connectivity index (χ0n) is 13.6. The van der Waals surface area contributed by atoms with Gasteiger partial charge in [-0.05, 0) is 42.2 Å². The lowest BCUT2D eigenvalue weighted by Crippen LogP contribution is -2.44. The van der Waals surface area contributed by atoms with Gasteiger partial charge in [0.15, 0.2) is 0 Å². The van der Waals surface area contributed by atoms with Gasteiger partial charge < -0.3 is 4.90 Å². The maximum Gasteiger partial charge on any atom is 0.327 e. The Morgan fingerprint density at radius 2 is 1.92 bits per heavy atom. The van der Waals surface area contributed by atoms with Crippen molar-refractivity contribution < 1.29 is 9.59 Å². The fourth-order valence-corrected chi connectivity index (χ4v) is 3.46. The highest BCUT2D eigenvalue weighted by atomic mass is 35.5. The Kier molecular flexibility index (Phi) is 5.16. The zero-order valence-corrected chi connectivity index (χ0v) is 15.1. The van der Waals surface area contributed by atoms with E-state index < -0.39 is 11.8 Å². The lowest BCUT2D eigenvalue weighted by Gasteiger charge is -2.25. The van der Waals surface area contributed by atoms with Crippen molar-refractivity contribution in [3.8, 4) is 0 Å². The fraction of sp³-hybridized carbons (Fsp3) is 0.222. The maximum atomic E-state index is 12.4. The highest BCUT2D eigenvalue weighted by Gasteiger charge is 2.31. The first-order chi connectivity index (χ1) is 12.0. The molecule has 2 aromatic carbocycles. The van der Waals surface area contributed by atoms with Crippen LogP contribution in [0, 0.1) is 0 Å². The Bertz CT molecular complexity index is 826. The average Bonchev–Trinajstić information content (AvgIpc) is 3.03. The van der Waals surface area contributed by atoms with Crippen LogP contribution in [0.25, 0.3) is 0 Å². The number of benzene rings is 2. The molecule has 130 valence electrons. The summed E-state index contributed by atoms with van der Waals surface area (Å²) in [6.07, 6.45) is 1.71. The molecule has 0 unspecified atom stereocenters. The minimum absolute atomic E-state index is 0.0893. The van der Waals surface area contributed by atoms with Gasteiger partial charge in [-0.3, -0.25) is 20.4 Å². The van der Waals surface area contributed by atoms with E-state index in [0.29, 0.717) is 15.7 Å². The molecule has 0 aliphatic heterocycles. The van der Waals surface area contributed by atoms with E-state index in [1.54, 1.807) is 25.2 Å². The van der Waals surface area contributed by atoms with Gasteiger partial charge in [-0.25, -0.2) is 0 Å². The van der Waals surface area contributed by atoms with Crippen LogP contribution in [0.2, 0.25) is 10.0 Å². The summed E-state index contributed by atoms with van der Waals surface area (Å²) in [4.78, 5) is 26.1. The van der Waals surface area contributed by atoms with Crippen LogP contribution in [0.15, 0.2) is 42.5 Å². The minimum atomic E-state index is -0.752. The lowest BCUT2D eigenvalue weighted by atomic mass is 10.1. The van der Waals surface area contributed by atoms with E-state index in [1.807, 2.05) is 18.2 Å². The molecule has 0 radical (unpaired) electrons. The van der Waals surface area contributed by atoms with Gasteiger partial charge in [-0.2, -0.15) is 0 Å². The molecule has 0 spiro atoms. The van der Waals surface area contributed by atoms with E-state index in [1.165, 1.54) is 10.5 Å². The Balaban J connectivity index is 1.63. The van der Waals surface area contributed by atoms with Crippen molar-refractivity contribution >= 4 is 40.7 Å². The van der Waals surface area contributed by atoms with Crippen molar-refractivity contribution in [2.75, 3.05) is 12.5 Å². The molecule has 1 aliphatic rings. The first-order valence-electron chi connectivity index (χ1n) is 7.83. The smallest absolute Gasteiger partial charge is 0.327 e. The predicted molar refractivity (Wildman–Crippen MR) is 98.5 cm³/mol. The molecule has 25 heavy (non-hydrogen) atoms. The monoisotopic (exact) mass is 377 g/mol. The van der Waals surface area contributed by atoms with Crippen LogP contribution in [0.4, 0.5) is 5.69 Å². The molecule has 2 N–H and O–H groups in total. The number of aryl methyl sites for hydroxylation is 1. The summed E-state index contributed by atoms with van der Waals surface area (Å²) in [5, 5.41) is 0.830. The van der Waals surface area contributed by atoms with Gasteiger partial charge in [0.1, 0.15) is 0 Å². The summed E-state index contributed by atoms with van der Waals surface area (Å²) in [6.45, 7) is 0. The van der Waals surface area contributed by atoms with Crippen molar-refractivity contribution in [2.45, 2.75) is 18.9 Å². The van der Waals surface area contributed by atoms with Gasteiger partial charge >= 0.3 is 11.8 Å². The SMILES string of the molecule is CN(C(=O)C(=O)NNc1ccc(Cl)cc1Cl)[C@@H]1CCc2ccccc21. The minimum Gasteiger partial charge on any atom is -0.330 e. The van der Waals surface area contributed by atoms with Gasteiger partial charge in [0.25, 0.3) is 0 Å². The van der Waals surface area contributed by atoms with E-state index in [0.717, 1.165) is 18.4 Å². The zero-order chi connectivity index (χ0) is 18.0. The second-order valence-corrected chi connectivity index (χ2v) is 6.72. The van der Waals surface area contributed by atoms with Crippen molar-refractivity contribution in [2.24, 2.45) is 0 Å². The number of fused-ring (bicyclic) bond motifs is 1. The third-order valence-electron chi connectivity index (χ3n) is 4.33. The summed E-state index contributed by atoms with van der Waals surface area (Å²) in [5.74, 6) is -1.36. The van der Waals surface area contributed by atoms with Crippen LogP contribution in [-0.4, -0.2) is 23.8 Å². The number of anilines is 1. The highest BCUT2D eigenvalue weighted by molar-refractivity contribution is 6.37. The molecule has 0 saturated carbocycles. The molecule has 1 aliphatic carbocycles. The topological polar surface area (TPSA) is 61.4 Å². The number of amides is 2. The Morgan fingerprint density at radius 1 is 1.16 bits per heavy atom. The number of carbonyl (C=O) groups excluding carboxylic acids is 2. The predicted octanol–water partition coefficient (Wildman–Crippen LogP) is 3.58. The summed E-state index contributed by atoms with van der Waals surface area (Å²) in [6, 6.07) is 12.7. The number of hydrogen-bond acceptors (Lipinski definition) is 3. The van der Waals surface area contributed by atoms with Gasteiger partial charge in [0.2, 0.25) is 0 Å². The summed E-state index contributed by atoms with van der Waals surface area (Å²) in [7, 11) is 1.64. The molecule has 0 bridgehead atoms. The van der Waals surface area contributed by atoms with Gasteiger partial charge in [0.05, 0.1) is 16.8 Å². The third kappa shape index (κ3) is 3.72. The highest BCUT2D eigenvalue weighted by Crippen LogP contribution is 2.34. The molecular formula is C18H17Cl2N3O2. The molecule has 0 saturated heterocycles. The number of nitrogens with zero attached hydrogens (tertiary/aromatic N) is 1. The van der Waals surface area contributed by atoms with Crippen LogP contribution in [0.1, 0.15) is 23.6 Å². The fourth-order valence-electron chi connectivity index (χ4n) is 3.01. The molecule has 0 heterocycles. The van der Waals surface area contributed by atoms with E-state index in [9.17, 15) is 9.59 Å². The number of halogens is 2. The number of hydrazine groups is 1. The largest absolute Gasteiger partial charge is 0.330 e. The van der Waals surface area contributed by atoms with Gasteiger partial charge in [-0.1, -0.05) is 47.5 Å². The van der Waals surface area contributed by atoms with Crippen molar-refractivity contribution in [1.29, 1.82) is 0 Å². The van der Waals surface area contributed by atoms with E-state index in [4.69, 9.17) is 23.2 Å². The number of carbonyl (C=O) groups is 2. The van der Waals surface area contributed by atoms with Gasteiger partial charge in [0, 0.05) is 12.1 Å². The average molecular weight is 378 g/mol. The van der Waals surface area contributed by atoms with Crippen LogP contribution in [0.3, 0.4) is 0 Å². The number of rotatable bonds is 3. The summed E-state index contributed by atoms with van der Waals surface area (Å²) < 4.78 is 0. The summed E-state index contributed by atoms with van der Waals surface area (Å²) >= 11 is 11.8. The molecular weight excluding hydrogens is 361 g/mol.